The van der Waals surface area contributed by atoms with E-state index in [4.69, 9.17) is 9.47 Å². The first kappa shape index (κ1) is 27.9. The Morgan fingerprint density at radius 2 is 1.10 bits per heavy atom. The molecule has 0 aliphatic rings. The Labute approximate surface area is 229 Å². The zero-order valence-electron chi connectivity index (χ0n) is 23.0. The smallest absolute Gasteiger partial charge is 0.355 e. The van der Waals surface area contributed by atoms with E-state index in [1.165, 1.54) is 0 Å². The molecule has 0 bridgehead atoms. The average molecular weight is 529 g/mol. The lowest BCUT2D eigenvalue weighted by atomic mass is 9.92. The van der Waals surface area contributed by atoms with Crippen LogP contribution in [0.15, 0.2) is 60.7 Å². The molecule has 7 heteroatoms. The van der Waals surface area contributed by atoms with Crippen LogP contribution in [-0.2, 0) is 35.5 Å². The molecule has 0 aliphatic carbocycles. The van der Waals surface area contributed by atoms with Gasteiger partial charge < -0.3 is 24.5 Å². The van der Waals surface area contributed by atoms with Gasteiger partial charge in [-0.05, 0) is 60.1 Å². The topological polar surface area (TPSA) is 104 Å². The molecule has 2 aromatic heterocycles. The summed E-state index contributed by atoms with van der Waals surface area (Å²) in [6.07, 6.45) is 1.32. The van der Waals surface area contributed by atoms with Crippen molar-refractivity contribution >= 4 is 11.9 Å². The van der Waals surface area contributed by atoms with Crippen molar-refractivity contribution in [2.75, 3.05) is 6.61 Å². The van der Waals surface area contributed by atoms with Crippen molar-refractivity contribution in [2.24, 2.45) is 0 Å². The number of nitrogens with one attached hydrogen (secondary N) is 2. The third-order valence-electron chi connectivity index (χ3n) is 7.25. The van der Waals surface area contributed by atoms with Crippen molar-refractivity contribution in [3.63, 3.8) is 0 Å². The largest absolute Gasteiger partial charge is 0.456 e. The summed E-state index contributed by atoms with van der Waals surface area (Å²) >= 11 is 0. The van der Waals surface area contributed by atoms with Crippen LogP contribution in [0.3, 0.4) is 0 Å². The van der Waals surface area contributed by atoms with E-state index in [2.05, 4.69) is 9.97 Å². The Kier molecular flexibility index (Phi) is 9.04. The fourth-order valence-corrected chi connectivity index (χ4v) is 5.15. The highest BCUT2D eigenvalue weighted by Gasteiger charge is 2.30. The number of hydrogen-bond donors (Lipinski definition) is 3. The minimum absolute atomic E-state index is 0.169. The van der Waals surface area contributed by atoms with E-state index >= 15 is 0 Å². The van der Waals surface area contributed by atoms with Crippen molar-refractivity contribution in [1.29, 1.82) is 0 Å². The highest BCUT2D eigenvalue weighted by molar-refractivity contribution is 5.91. The summed E-state index contributed by atoms with van der Waals surface area (Å²) in [5.74, 6) is -1.38. The van der Waals surface area contributed by atoms with Gasteiger partial charge >= 0.3 is 11.9 Å². The van der Waals surface area contributed by atoms with Crippen molar-refractivity contribution in [3.05, 3.63) is 117 Å². The summed E-state index contributed by atoms with van der Waals surface area (Å²) in [5.41, 5.74) is 7.53. The van der Waals surface area contributed by atoms with Crippen LogP contribution in [0.25, 0.3) is 0 Å². The molecular weight excluding hydrogens is 492 g/mol. The van der Waals surface area contributed by atoms with Gasteiger partial charge in [0.25, 0.3) is 0 Å². The standard InChI is InChI=1S/C32H36N2O5/c1-5-24-20(3)27(31(36)38-18-22-13-9-7-10-14-22)33-29(24)26(17-35)30-25(6-2)21(4)28(34-30)32(37)39-19-23-15-11-8-12-16-23/h7-16,26,33-35H,5-6,17-19H2,1-4H3. The molecule has 7 nitrogen and oxygen atoms in total. The molecule has 0 spiro atoms. The number of aromatic amines is 2. The van der Waals surface area contributed by atoms with Gasteiger partial charge in [0, 0.05) is 11.4 Å². The number of esters is 2. The molecule has 0 aliphatic heterocycles. The number of carbonyl (C=O) groups excluding carboxylic acids is 2. The molecule has 0 amide bonds. The number of aliphatic hydroxyl groups is 1. The number of rotatable bonds is 11. The Balaban J connectivity index is 1.62. The Morgan fingerprint density at radius 3 is 1.44 bits per heavy atom. The summed E-state index contributed by atoms with van der Waals surface area (Å²) in [7, 11) is 0. The van der Waals surface area contributed by atoms with Gasteiger partial charge in [-0.2, -0.15) is 0 Å². The van der Waals surface area contributed by atoms with Crippen LogP contribution in [0, 0.1) is 13.8 Å². The van der Waals surface area contributed by atoms with E-state index in [0.717, 1.165) is 44.8 Å². The SMILES string of the molecule is CCc1c(C(CO)c2[nH]c(C(=O)OCc3ccccc3)c(C)c2CC)[nH]c(C(=O)OCc2ccccc2)c1C. The van der Waals surface area contributed by atoms with Gasteiger partial charge in [-0.3, -0.25) is 0 Å². The monoisotopic (exact) mass is 528 g/mol. The third kappa shape index (κ3) is 5.99. The molecule has 39 heavy (non-hydrogen) atoms. The van der Waals surface area contributed by atoms with E-state index in [9.17, 15) is 14.7 Å². The highest BCUT2D eigenvalue weighted by atomic mass is 16.5. The Hall–Kier alpha value is -4.10. The lowest BCUT2D eigenvalue weighted by Crippen LogP contribution is -2.13. The van der Waals surface area contributed by atoms with Gasteiger partial charge in [0.05, 0.1) is 12.5 Å². The van der Waals surface area contributed by atoms with E-state index in [1.807, 2.05) is 88.4 Å². The molecule has 0 radical (unpaired) electrons. The summed E-state index contributed by atoms with van der Waals surface area (Å²) in [4.78, 5) is 32.6. The Morgan fingerprint density at radius 1 is 0.718 bits per heavy atom. The third-order valence-corrected chi connectivity index (χ3v) is 7.25. The fourth-order valence-electron chi connectivity index (χ4n) is 5.15. The van der Waals surface area contributed by atoms with Crippen LogP contribution in [0.5, 0.6) is 0 Å². The highest BCUT2D eigenvalue weighted by Crippen LogP contribution is 2.34. The van der Waals surface area contributed by atoms with Crippen molar-refractivity contribution in [3.8, 4) is 0 Å². The molecule has 2 aromatic carbocycles. The van der Waals surface area contributed by atoms with Gasteiger partial charge in [-0.15, -0.1) is 0 Å². The predicted octanol–water partition coefficient (Wildman–Crippen LogP) is 5.92. The number of aromatic nitrogens is 2. The van der Waals surface area contributed by atoms with Crippen molar-refractivity contribution < 1.29 is 24.2 Å². The Bertz CT molecular complexity index is 1310. The molecule has 4 rings (SSSR count). The van der Waals surface area contributed by atoms with Crippen molar-refractivity contribution in [2.45, 2.75) is 59.7 Å². The molecular formula is C32H36N2O5. The van der Waals surface area contributed by atoms with Gasteiger partial charge in [0.2, 0.25) is 0 Å². The lowest BCUT2D eigenvalue weighted by Gasteiger charge is -2.16. The van der Waals surface area contributed by atoms with Gasteiger partial charge in [0.15, 0.2) is 0 Å². The summed E-state index contributed by atoms with van der Waals surface area (Å²) in [6, 6.07) is 19.0. The van der Waals surface area contributed by atoms with E-state index in [1.54, 1.807) is 0 Å². The maximum atomic E-state index is 13.0. The van der Waals surface area contributed by atoms with Crippen LogP contribution in [0.1, 0.15) is 85.5 Å². The summed E-state index contributed by atoms with van der Waals surface area (Å²) in [6.45, 7) is 7.93. The molecule has 2 heterocycles. The van der Waals surface area contributed by atoms with Crippen LogP contribution >= 0.6 is 0 Å². The van der Waals surface area contributed by atoms with Crippen LogP contribution in [0.2, 0.25) is 0 Å². The average Bonchev–Trinajstić information content (AvgIpc) is 3.47. The van der Waals surface area contributed by atoms with E-state index in [-0.39, 0.29) is 19.8 Å². The van der Waals surface area contributed by atoms with E-state index < -0.39 is 17.9 Å². The lowest BCUT2D eigenvalue weighted by molar-refractivity contribution is 0.0457. The predicted molar refractivity (Wildman–Crippen MR) is 150 cm³/mol. The first-order chi connectivity index (χ1) is 18.9. The number of hydrogen-bond acceptors (Lipinski definition) is 5. The molecule has 4 aromatic rings. The zero-order valence-corrected chi connectivity index (χ0v) is 23.0. The molecule has 204 valence electrons. The van der Waals surface area contributed by atoms with Gasteiger partial charge in [-0.25, -0.2) is 9.59 Å². The quantitative estimate of drug-likeness (QED) is 0.210. The number of aliphatic hydroxyl groups excluding tert-OH is 1. The second-order valence-corrected chi connectivity index (χ2v) is 9.60. The van der Waals surface area contributed by atoms with Crippen LogP contribution in [-0.4, -0.2) is 33.6 Å². The van der Waals surface area contributed by atoms with Gasteiger partial charge in [-0.1, -0.05) is 74.5 Å². The normalized spacial score (nSPS) is 11.1. The second kappa shape index (κ2) is 12.6. The zero-order chi connectivity index (χ0) is 27.9. The number of benzene rings is 2. The molecule has 0 fully saturated rings. The second-order valence-electron chi connectivity index (χ2n) is 9.60. The summed E-state index contributed by atoms with van der Waals surface area (Å²) in [5, 5.41) is 10.6. The fraction of sp³-hybridized carbons (Fsp3) is 0.312. The minimum Gasteiger partial charge on any atom is -0.456 e. The van der Waals surface area contributed by atoms with Gasteiger partial charge in [0.1, 0.15) is 24.6 Å². The first-order valence-corrected chi connectivity index (χ1v) is 13.3. The van der Waals surface area contributed by atoms with Crippen LogP contribution < -0.4 is 0 Å². The van der Waals surface area contributed by atoms with Crippen LogP contribution in [0.4, 0.5) is 0 Å². The molecule has 0 atom stereocenters. The number of ether oxygens (including phenoxy) is 2. The number of carbonyl (C=O) groups is 2. The molecule has 3 N–H and O–H groups in total. The van der Waals surface area contributed by atoms with E-state index in [0.29, 0.717) is 24.2 Å². The number of H-pyrrole nitrogens is 2. The molecule has 0 saturated heterocycles. The maximum Gasteiger partial charge on any atom is 0.355 e. The molecule has 0 unspecified atom stereocenters. The summed E-state index contributed by atoms with van der Waals surface area (Å²) < 4.78 is 11.2. The van der Waals surface area contributed by atoms with Crippen molar-refractivity contribution in [1.82, 2.24) is 9.97 Å². The minimum atomic E-state index is -0.487. The molecule has 0 saturated carbocycles. The first-order valence-electron chi connectivity index (χ1n) is 13.3. The maximum absolute atomic E-state index is 13.0.